The molecule has 17 heavy (non-hydrogen) atoms. The van der Waals surface area contributed by atoms with Crippen LogP contribution in [0.25, 0.3) is 0 Å². The molecule has 4 nitrogen and oxygen atoms in total. The first-order valence-corrected chi connectivity index (χ1v) is 6.92. The van der Waals surface area contributed by atoms with Crippen LogP contribution in [0.4, 0.5) is 4.79 Å². The van der Waals surface area contributed by atoms with E-state index in [-0.39, 0.29) is 11.9 Å². The molecule has 0 spiro atoms. The van der Waals surface area contributed by atoms with E-state index >= 15 is 0 Å². The highest BCUT2D eigenvalue weighted by atomic mass is 35.5. The van der Waals surface area contributed by atoms with Crippen LogP contribution in [-0.4, -0.2) is 35.3 Å². The molecule has 2 rings (SSSR count). The predicted molar refractivity (Wildman–Crippen MR) is 65.9 cm³/mol. The van der Waals surface area contributed by atoms with Gasteiger partial charge in [0.2, 0.25) is 5.91 Å². The maximum absolute atomic E-state index is 12.0. The summed E-state index contributed by atoms with van der Waals surface area (Å²) < 4.78 is 0. The molecule has 0 bridgehead atoms. The third-order valence-corrected chi connectivity index (χ3v) is 4.11. The third-order valence-electron chi connectivity index (χ3n) is 3.87. The van der Waals surface area contributed by atoms with Crippen LogP contribution >= 0.6 is 11.6 Å². The molecule has 1 heterocycles. The molecule has 2 aliphatic rings. The van der Waals surface area contributed by atoms with Gasteiger partial charge in [0.05, 0.1) is 0 Å². The van der Waals surface area contributed by atoms with E-state index in [2.05, 4.69) is 5.32 Å². The highest BCUT2D eigenvalue weighted by molar-refractivity contribution is 6.28. The fourth-order valence-electron chi connectivity index (χ4n) is 3.10. The number of piperidine rings is 1. The van der Waals surface area contributed by atoms with E-state index in [4.69, 9.17) is 11.6 Å². The van der Waals surface area contributed by atoms with Crippen molar-refractivity contribution >= 4 is 23.5 Å². The van der Waals surface area contributed by atoms with Gasteiger partial charge in [-0.1, -0.05) is 12.8 Å². The molecule has 1 saturated carbocycles. The van der Waals surface area contributed by atoms with Crippen molar-refractivity contribution in [2.45, 2.75) is 44.6 Å². The summed E-state index contributed by atoms with van der Waals surface area (Å²) in [6.45, 7) is 0.766. The third kappa shape index (κ3) is 2.92. The lowest BCUT2D eigenvalue weighted by molar-refractivity contribution is -0.117. The minimum atomic E-state index is -0.408. The van der Waals surface area contributed by atoms with Gasteiger partial charge in [0.15, 0.2) is 0 Å². The summed E-state index contributed by atoms with van der Waals surface area (Å²) in [6, 6.07) is 0.0767. The number of nitrogens with one attached hydrogen (secondary N) is 1. The Balaban J connectivity index is 1.98. The number of carbonyl (C=O) groups is 2. The largest absolute Gasteiger partial charge is 0.324 e. The summed E-state index contributed by atoms with van der Waals surface area (Å²) in [7, 11) is 0. The number of rotatable bonds is 1. The molecule has 96 valence electrons. The Morgan fingerprint density at radius 3 is 2.65 bits per heavy atom. The van der Waals surface area contributed by atoms with Crippen LogP contribution in [0.5, 0.6) is 0 Å². The van der Waals surface area contributed by atoms with Gasteiger partial charge in [0.25, 0.3) is 0 Å². The van der Waals surface area contributed by atoms with Crippen molar-refractivity contribution in [3.63, 3.8) is 0 Å². The van der Waals surface area contributed by atoms with Gasteiger partial charge >= 0.3 is 6.03 Å². The molecule has 3 amide bonds. The zero-order valence-corrected chi connectivity index (χ0v) is 10.7. The van der Waals surface area contributed by atoms with Gasteiger partial charge in [0, 0.05) is 12.6 Å². The number of urea groups is 1. The molecule has 1 aliphatic heterocycles. The Kier molecular flexibility index (Phi) is 4.26. The number of hydrogen-bond donors (Lipinski definition) is 1. The van der Waals surface area contributed by atoms with E-state index in [1.807, 2.05) is 4.90 Å². The van der Waals surface area contributed by atoms with E-state index in [9.17, 15) is 9.59 Å². The van der Waals surface area contributed by atoms with Gasteiger partial charge in [-0.25, -0.2) is 4.79 Å². The molecule has 1 saturated heterocycles. The number of halogens is 1. The Labute approximate surface area is 107 Å². The molecular formula is C12H19ClN2O2. The lowest BCUT2D eigenvalue weighted by atomic mass is 9.78. The van der Waals surface area contributed by atoms with E-state index in [1.54, 1.807) is 0 Å². The number of amides is 3. The number of fused-ring (bicyclic) bond motifs is 1. The zero-order valence-electron chi connectivity index (χ0n) is 9.95. The maximum Gasteiger partial charge on any atom is 0.324 e. The second kappa shape index (κ2) is 5.71. The van der Waals surface area contributed by atoms with Crippen LogP contribution in [0.3, 0.4) is 0 Å². The fourth-order valence-corrected chi connectivity index (χ4v) is 3.17. The van der Waals surface area contributed by atoms with Crippen molar-refractivity contribution < 1.29 is 9.59 Å². The quantitative estimate of drug-likeness (QED) is 0.733. The van der Waals surface area contributed by atoms with Crippen molar-refractivity contribution in [1.29, 1.82) is 0 Å². The van der Waals surface area contributed by atoms with Crippen molar-refractivity contribution in [3.8, 4) is 0 Å². The lowest BCUT2D eigenvalue weighted by Crippen LogP contribution is -2.54. The number of hydrogen-bond acceptors (Lipinski definition) is 2. The summed E-state index contributed by atoms with van der Waals surface area (Å²) >= 11 is 5.39. The van der Waals surface area contributed by atoms with Crippen LogP contribution in [0.2, 0.25) is 0 Å². The monoisotopic (exact) mass is 258 g/mol. The highest BCUT2D eigenvalue weighted by Crippen LogP contribution is 2.35. The van der Waals surface area contributed by atoms with Gasteiger partial charge in [0.1, 0.15) is 5.88 Å². The smallest absolute Gasteiger partial charge is 0.321 e. The van der Waals surface area contributed by atoms with E-state index in [1.165, 1.54) is 25.7 Å². The number of nitrogens with zero attached hydrogens (tertiary/aromatic N) is 1. The van der Waals surface area contributed by atoms with Gasteiger partial charge in [-0.3, -0.25) is 10.1 Å². The Morgan fingerprint density at radius 1 is 1.18 bits per heavy atom. The number of imide groups is 1. The number of likely N-dealkylation sites (tertiary alicyclic amines) is 1. The summed E-state index contributed by atoms with van der Waals surface area (Å²) in [5, 5.41) is 2.35. The molecular weight excluding hydrogens is 240 g/mol. The number of carbonyl (C=O) groups excluding carboxylic acids is 2. The SMILES string of the molecule is O=C(CCl)NC(=O)N1CCCC2CCCCC21. The highest BCUT2D eigenvalue weighted by Gasteiger charge is 2.35. The summed E-state index contributed by atoms with van der Waals surface area (Å²) in [5.74, 6) is 0.0668. The Hall–Kier alpha value is -0.770. The minimum absolute atomic E-state index is 0.159. The molecule has 0 aromatic heterocycles. The number of alkyl halides is 1. The Morgan fingerprint density at radius 2 is 1.88 bits per heavy atom. The minimum Gasteiger partial charge on any atom is -0.321 e. The average Bonchev–Trinajstić information content (AvgIpc) is 2.37. The van der Waals surface area contributed by atoms with Crippen LogP contribution in [0.1, 0.15) is 38.5 Å². The second-order valence-corrected chi connectivity index (χ2v) is 5.20. The van der Waals surface area contributed by atoms with Crippen molar-refractivity contribution in [1.82, 2.24) is 10.2 Å². The molecule has 2 fully saturated rings. The first-order chi connectivity index (χ1) is 8.22. The van der Waals surface area contributed by atoms with Gasteiger partial charge < -0.3 is 4.90 Å². The van der Waals surface area contributed by atoms with E-state index in [0.717, 1.165) is 19.4 Å². The predicted octanol–water partition coefficient (Wildman–Crippen LogP) is 2.12. The van der Waals surface area contributed by atoms with Gasteiger partial charge in [-0.2, -0.15) is 0 Å². The molecule has 2 unspecified atom stereocenters. The molecule has 0 aromatic carbocycles. The summed E-state index contributed by atoms with van der Waals surface area (Å²) in [6.07, 6.45) is 7.03. The van der Waals surface area contributed by atoms with Crippen molar-refractivity contribution in [3.05, 3.63) is 0 Å². The molecule has 1 aliphatic carbocycles. The second-order valence-electron chi connectivity index (χ2n) is 4.93. The van der Waals surface area contributed by atoms with Gasteiger partial charge in [-0.15, -0.1) is 11.6 Å². The lowest BCUT2D eigenvalue weighted by Gasteiger charge is -2.43. The zero-order chi connectivity index (χ0) is 12.3. The summed E-state index contributed by atoms with van der Waals surface area (Å²) in [4.78, 5) is 24.9. The first-order valence-electron chi connectivity index (χ1n) is 6.39. The molecule has 0 radical (unpaired) electrons. The normalized spacial score (nSPS) is 28.4. The molecule has 0 aromatic rings. The first kappa shape index (κ1) is 12.7. The standard InChI is InChI=1S/C12H19ClN2O2/c13-8-11(16)14-12(17)15-7-3-5-9-4-1-2-6-10(9)15/h9-10H,1-8H2,(H,14,16,17). The van der Waals surface area contributed by atoms with Crippen molar-refractivity contribution in [2.75, 3.05) is 12.4 Å². The molecule has 5 heteroatoms. The fraction of sp³-hybridized carbons (Fsp3) is 0.833. The van der Waals surface area contributed by atoms with Crippen LogP contribution in [0, 0.1) is 5.92 Å². The molecule has 1 N–H and O–H groups in total. The van der Waals surface area contributed by atoms with E-state index < -0.39 is 5.91 Å². The molecule has 2 atom stereocenters. The van der Waals surface area contributed by atoms with Crippen LogP contribution in [-0.2, 0) is 4.79 Å². The van der Waals surface area contributed by atoms with Crippen LogP contribution < -0.4 is 5.32 Å². The topological polar surface area (TPSA) is 49.4 Å². The van der Waals surface area contributed by atoms with Gasteiger partial charge in [-0.05, 0) is 31.6 Å². The Bertz CT molecular complexity index is 307. The summed E-state index contributed by atoms with van der Waals surface area (Å²) in [5.41, 5.74) is 0. The van der Waals surface area contributed by atoms with E-state index in [0.29, 0.717) is 12.0 Å². The average molecular weight is 259 g/mol. The van der Waals surface area contributed by atoms with Crippen LogP contribution in [0.15, 0.2) is 0 Å². The van der Waals surface area contributed by atoms with Crippen molar-refractivity contribution in [2.24, 2.45) is 5.92 Å². The maximum atomic E-state index is 12.0.